The Kier molecular flexibility index (Phi) is 5.26. The minimum atomic E-state index is -4.35. The zero-order chi connectivity index (χ0) is 14.6. The number of carbonyl (C=O) groups is 1. The van der Waals surface area contributed by atoms with E-state index in [1.165, 1.54) is 7.05 Å². The third-order valence-corrected chi connectivity index (χ3v) is 4.23. The fourth-order valence-electron chi connectivity index (χ4n) is 1.74. The maximum absolute atomic E-state index is 11.5. The zero-order valence-electron chi connectivity index (χ0n) is 10.9. The molecular weight excluding hydrogens is 269 g/mol. The Balaban J connectivity index is 2.88. The predicted molar refractivity (Wildman–Crippen MR) is 69.8 cm³/mol. The first-order valence-corrected chi connectivity index (χ1v) is 7.47. The summed E-state index contributed by atoms with van der Waals surface area (Å²) >= 11 is 0. The Labute approximate surface area is 111 Å². The monoisotopic (exact) mass is 287 g/mol. The van der Waals surface area contributed by atoms with Crippen LogP contribution in [0.4, 0.5) is 0 Å². The van der Waals surface area contributed by atoms with Crippen molar-refractivity contribution in [1.29, 1.82) is 0 Å². The van der Waals surface area contributed by atoms with E-state index in [0.29, 0.717) is 10.6 Å². The molecule has 0 fully saturated rings. The SMILES string of the molecule is Cc1ccc([C@H](CCC(=O)N(C)O)P(=O)(O)O)cc1. The average Bonchev–Trinajstić information content (AvgIpc) is 2.29. The standard InChI is InChI=1S/C12H18NO5P/c1-9-3-5-10(6-4-9)11(19(16,17)18)7-8-12(14)13(2)15/h3-6,11,15H,7-8H2,1-2H3,(H2,16,17,18)/t11-/m0/s1. The van der Waals surface area contributed by atoms with Crippen LogP contribution < -0.4 is 0 Å². The first-order valence-electron chi connectivity index (χ1n) is 5.79. The highest BCUT2D eigenvalue weighted by atomic mass is 31.2. The van der Waals surface area contributed by atoms with Gasteiger partial charge in [0.25, 0.3) is 0 Å². The Hall–Kier alpha value is -1.20. The summed E-state index contributed by atoms with van der Waals surface area (Å²) in [7, 11) is -3.17. The molecule has 0 saturated carbocycles. The number of hydrogen-bond donors (Lipinski definition) is 3. The zero-order valence-corrected chi connectivity index (χ0v) is 11.7. The highest BCUT2D eigenvalue weighted by Gasteiger charge is 2.30. The smallest absolute Gasteiger partial charge is 0.324 e. The fourth-order valence-corrected chi connectivity index (χ4v) is 2.77. The molecule has 0 aliphatic carbocycles. The van der Waals surface area contributed by atoms with Crippen molar-refractivity contribution in [3.05, 3.63) is 35.4 Å². The molecule has 1 rings (SSSR count). The second-order valence-corrected chi connectivity index (χ2v) is 6.27. The Morgan fingerprint density at radius 2 is 1.84 bits per heavy atom. The van der Waals surface area contributed by atoms with Crippen molar-refractivity contribution < 1.29 is 24.4 Å². The molecule has 7 heteroatoms. The lowest BCUT2D eigenvalue weighted by molar-refractivity contribution is -0.159. The molecule has 106 valence electrons. The van der Waals surface area contributed by atoms with Gasteiger partial charge in [0.15, 0.2) is 0 Å². The van der Waals surface area contributed by atoms with Gasteiger partial charge in [0.2, 0.25) is 5.91 Å². The molecule has 6 nitrogen and oxygen atoms in total. The lowest BCUT2D eigenvalue weighted by Crippen LogP contribution is -2.22. The van der Waals surface area contributed by atoms with Gasteiger partial charge in [0.1, 0.15) is 0 Å². The number of nitrogens with zero attached hydrogens (tertiary/aromatic N) is 1. The molecule has 0 aliphatic heterocycles. The minimum absolute atomic E-state index is 0.0168. The minimum Gasteiger partial charge on any atom is -0.324 e. The molecule has 0 unspecified atom stereocenters. The predicted octanol–water partition coefficient (Wildman–Crippen LogP) is 1.84. The van der Waals surface area contributed by atoms with Crippen molar-refractivity contribution in [2.75, 3.05) is 7.05 Å². The van der Waals surface area contributed by atoms with Gasteiger partial charge in [-0.05, 0) is 18.9 Å². The lowest BCUT2D eigenvalue weighted by Gasteiger charge is -2.19. The maximum Gasteiger partial charge on any atom is 0.332 e. The summed E-state index contributed by atoms with van der Waals surface area (Å²) in [5, 5.41) is 9.36. The number of amides is 1. The van der Waals surface area contributed by atoms with Gasteiger partial charge in [-0.2, -0.15) is 0 Å². The summed E-state index contributed by atoms with van der Waals surface area (Å²) in [6, 6.07) is 6.81. The van der Waals surface area contributed by atoms with Crippen LogP contribution in [0.1, 0.15) is 29.6 Å². The van der Waals surface area contributed by atoms with E-state index >= 15 is 0 Å². The van der Waals surface area contributed by atoms with Gasteiger partial charge in [-0.25, -0.2) is 5.06 Å². The van der Waals surface area contributed by atoms with Gasteiger partial charge in [0.05, 0.1) is 5.66 Å². The molecule has 0 aliphatic rings. The summed E-state index contributed by atoms with van der Waals surface area (Å²) in [5.74, 6) is -0.578. The van der Waals surface area contributed by atoms with Crippen molar-refractivity contribution in [1.82, 2.24) is 5.06 Å². The van der Waals surface area contributed by atoms with Crippen LogP contribution in [0, 0.1) is 6.92 Å². The van der Waals surface area contributed by atoms with Crippen molar-refractivity contribution in [3.8, 4) is 0 Å². The van der Waals surface area contributed by atoms with Crippen LogP contribution in [0.3, 0.4) is 0 Å². The number of aryl methyl sites for hydroxylation is 1. The third-order valence-electron chi connectivity index (χ3n) is 2.86. The molecule has 1 aromatic rings. The lowest BCUT2D eigenvalue weighted by atomic mass is 10.1. The van der Waals surface area contributed by atoms with E-state index in [-0.39, 0.29) is 12.8 Å². The second kappa shape index (κ2) is 6.30. The highest BCUT2D eigenvalue weighted by Crippen LogP contribution is 2.54. The number of hydroxylamine groups is 2. The number of hydrogen-bond acceptors (Lipinski definition) is 3. The Morgan fingerprint density at radius 3 is 2.26 bits per heavy atom. The van der Waals surface area contributed by atoms with E-state index in [1.807, 2.05) is 6.92 Å². The van der Waals surface area contributed by atoms with E-state index in [0.717, 1.165) is 5.56 Å². The maximum atomic E-state index is 11.5. The first kappa shape index (κ1) is 15.9. The van der Waals surface area contributed by atoms with E-state index in [9.17, 15) is 19.1 Å². The van der Waals surface area contributed by atoms with Gasteiger partial charge in [0, 0.05) is 13.5 Å². The van der Waals surface area contributed by atoms with Crippen LogP contribution >= 0.6 is 7.60 Å². The quantitative estimate of drug-likeness (QED) is 0.436. The van der Waals surface area contributed by atoms with Gasteiger partial charge >= 0.3 is 7.60 Å². The fraction of sp³-hybridized carbons (Fsp3) is 0.417. The molecule has 0 spiro atoms. The van der Waals surface area contributed by atoms with Crippen LogP contribution in [0.2, 0.25) is 0 Å². The molecule has 0 bridgehead atoms. The normalized spacial score (nSPS) is 13.1. The van der Waals surface area contributed by atoms with Crippen LogP contribution in [0.15, 0.2) is 24.3 Å². The van der Waals surface area contributed by atoms with Gasteiger partial charge in [-0.1, -0.05) is 29.8 Å². The van der Waals surface area contributed by atoms with E-state index < -0.39 is 19.2 Å². The molecule has 3 N–H and O–H groups in total. The van der Waals surface area contributed by atoms with E-state index in [1.54, 1.807) is 24.3 Å². The number of rotatable bonds is 5. The van der Waals surface area contributed by atoms with E-state index in [4.69, 9.17) is 5.21 Å². The topological polar surface area (TPSA) is 98.1 Å². The summed E-state index contributed by atoms with van der Waals surface area (Å²) in [5.41, 5.74) is 0.448. The number of benzene rings is 1. The van der Waals surface area contributed by atoms with Crippen molar-refractivity contribution >= 4 is 13.5 Å². The third kappa shape index (κ3) is 4.76. The van der Waals surface area contributed by atoms with Crippen LogP contribution in [0.5, 0.6) is 0 Å². The first-order chi connectivity index (χ1) is 8.71. The molecule has 19 heavy (non-hydrogen) atoms. The molecule has 1 atom stereocenters. The van der Waals surface area contributed by atoms with E-state index in [2.05, 4.69) is 0 Å². The summed E-state index contributed by atoms with van der Waals surface area (Å²) in [6.45, 7) is 1.88. The summed E-state index contributed by atoms with van der Waals surface area (Å²) < 4.78 is 11.5. The molecular formula is C12H18NO5P. The van der Waals surface area contributed by atoms with Gasteiger partial charge in [-0.3, -0.25) is 14.6 Å². The van der Waals surface area contributed by atoms with Gasteiger partial charge in [-0.15, -0.1) is 0 Å². The van der Waals surface area contributed by atoms with Crippen molar-refractivity contribution in [2.45, 2.75) is 25.4 Å². The molecule has 0 aromatic heterocycles. The molecule has 1 aromatic carbocycles. The van der Waals surface area contributed by atoms with Crippen LogP contribution in [-0.4, -0.2) is 33.0 Å². The highest BCUT2D eigenvalue weighted by molar-refractivity contribution is 7.52. The number of carbonyl (C=O) groups excluding carboxylic acids is 1. The average molecular weight is 287 g/mol. The van der Waals surface area contributed by atoms with Crippen molar-refractivity contribution in [3.63, 3.8) is 0 Å². The Bertz CT molecular complexity index is 479. The summed E-state index contributed by atoms with van der Waals surface area (Å²) in [6.07, 6.45) is -0.145. The van der Waals surface area contributed by atoms with Crippen molar-refractivity contribution in [2.24, 2.45) is 0 Å². The second-order valence-electron chi connectivity index (χ2n) is 4.47. The van der Waals surface area contributed by atoms with Crippen LogP contribution in [0.25, 0.3) is 0 Å². The molecule has 0 saturated heterocycles. The molecule has 0 heterocycles. The molecule has 0 radical (unpaired) electrons. The summed E-state index contributed by atoms with van der Waals surface area (Å²) in [4.78, 5) is 30.0. The molecule has 1 amide bonds. The largest absolute Gasteiger partial charge is 0.332 e. The van der Waals surface area contributed by atoms with Crippen LogP contribution in [-0.2, 0) is 9.36 Å². The Morgan fingerprint density at radius 1 is 1.32 bits per heavy atom. The van der Waals surface area contributed by atoms with Gasteiger partial charge < -0.3 is 9.79 Å².